The zero-order chi connectivity index (χ0) is 9.82. The Labute approximate surface area is 80.4 Å². The van der Waals surface area contributed by atoms with E-state index in [2.05, 4.69) is 23.4 Å². The number of rotatable bonds is 1. The SMILES string of the molecule is C=CN=C(C#CCC)SC.CC. The molecule has 0 heterocycles. The molecule has 0 spiro atoms. The molecule has 0 N–H and O–H groups in total. The van der Waals surface area contributed by atoms with Gasteiger partial charge in [0.1, 0.15) is 5.04 Å². The van der Waals surface area contributed by atoms with E-state index in [1.807, 2.05) is 27.0 Å². The maximum absolute atomic E-state index is 3.95. The van der Waals surface area contributed by atoms with Crippen LogP contribution < -0.4 is 0 Å². The molecule has 12 heavy (non-hydrogen) atoms. The summed E-state index contributed by atoms with van der Waals surface area (Å²) in [5, 5.41) is 0.830. The Morgan fingerprint density at radius 1 is 1.58 bits per heavy atom. The van der Waals surface area contributed by atoms with Crippen LogP contribution in [0.1, 0.15) is 27.2 Å². The van der Waals surface area contributed by atoms with Crippen molar-refractivity contribution < 1.29 is 0 Å². The van der Waals surface area contributed by atoms with Crippen LogP contribution >= 0.6 is 11.8 Å². The third-order valence-electron chi connectivity index (χ3n) is 0.774. The molecule has 2 heteroatoms. The van der Waals surface area contributed by atoms with Gasteiger partial charge in [0, 0.05) is 12.6 Å². The van der Waals surface area contributed by atoms with Gasteiger partial charge in [-0.25, -0.2) is 4.99 Å². The molecule has 0 amide bonds. The summed E-state index contributed by atoms with van der Waals surface area (Å²) in [5.74, 6) is 5.85. The van der Waals surface area contributed by atoms with Crippen LogP contribution in [0, 0.1) is 11.8 Å². The predicted octanol–water partition coefficient (Wildman–Crippen LogP) is 3.33. The summed E-state index contributed by atoms with van der Waals surface area (Å²) in [4.78, 5) is 3.95. The highest BCUT2D eigenvalue weighted by atomic mass is 32.2. The van der Waals surface area contributed by atoms with E-state index in [1.165, 1.54) is 18.0 Å². The van der Waals surface area contributed by atoms with E-state index in [9.17, 15) is 0 Å². The Balaban J connectivity index is 0. The molecule has 0 aliphatic carbocycles. The molecular weight excluding hydrogens is 166 g/mol. The highest BCUT2D eigenvalue weighted by Crippen LogP contribution is 1.96. The van der Waals surface area contributed by atoms with Gasteiger partial charge in [-0.2, -0.15) is 0 Å². The summed E-state index contributed by atoms with van der Waals surface area (Å²) in [6, 6.07) is 0. The molecule has 0 atom stereocenters. The summed E-state index contributed by atoms with van der Waals surface area (Å²) >= 11 is 1.54. The van der Waals surface area contributed by atoms with Crippen LogP contribution in [0.15, 0.2) is 17.8 Å². The summed E-state index contributed by atoms with van der Waals surface area (Å²) < 4.78 is 0. The van der Waals surface area contributed by atoms with Crippen molar-refractivity contribution >= 4 is 16.8 Å². The van der Waals surface area contributed by atoms with Crippen LogP contribution in [-0.2, 0) is 0 Å². The van der Waals surface area contributed by atoms with E-state index in [0.717, 1.165) is 11.5 Å². The van der Waals surface area contributed by atoms with Gasteiger partial charge in [0.25, 0.3) is 0 Å². The molecule has 0 aromatic heterocycles. The molecule has 0 aromatic carbocycles. The Hall–Kier alpha value is -0.680. The molecule has 0 bridgehead atoms. The van der Waals surface area contributed by atoms with Crippen molar-refractivity contribution in [2.24, 2.45) is 4.99 Å². The molecule has 68 valence electrons. The summed E-state index contributed by atoms with van der Waals surface area (Å²) in [7, 11) is 0. The molecule has 0 radical (unpaired) electrons. The molecule has 0 aliphatic heterocycles. The Morgan fingerprint density at radius 2 is 2.17 bits per heavy atom. The second kappa shape index (κ2) is 12.9. The first-order chi connectivity index (χ1) is 5.85. The van der Waals surface area contributed by atoms with E-state index < -0.39 is 0 Å². The first-order valence-corrected chi connectivity index (χ1v) is 5.29. The third-order valence-corrected chi connectivity index (χ3v) is 1.37. The lowest BCUT2D eigenvalue weighted by atomic mass is 10.5. The van der Waals surface area contributed by atoms with Crippen molar-refractivity contribution in [1.29, 1.82) is 0 Å². The van der Waals surface area contributed by atoms with Crippen LogP contribution in [0.4, 0.5) is 0 Å². The maximum Gasteiger partial charge on any atom is 0.146 e. The fourth-order valence-corrected chi connectivity index (χ4v) is 0.737. The molecule has 0 aromatic rings. The van der Waals surface area contributed by atoms with E-state index >= 15 is 0 Å². The molecule has 0 rings (SSSR count). The molecule has 0 fully saturated rings. The van der Waals surface area contributed by atoms with Gasteiger partial charge in [0.05, 0.1) is 0 Å². The lowest BCUT2D eigenvalue weighted by Crippen LogP contribution is -1.82. The van der Waals surface area contributed by atoms with Gasteiger partial charge in [-0.15, -0.1) is 11.8 Å². The zero-order valence-electron chi connectivity index (χ0n) is 8.35. The Morgan fingerprint density at radius 3 is 2.50 bits per heavy atom. The lowest BCUT2D eigenvalue weighted by molar-refractivity contribution is 1.28. The van der Waals surface area contributed by atoms with Gasteiger partial charge in [-0.05, 0) is 12.2 Å². The number of hydrogen-bond acceptors (Lipinski definition) is 2. The summed E-state index contributed by atoms with van der Waals surface area (Å²) in [6.07, 6.45) is 4.33. The van der Waals surface area contributed by atoms with Crippen LogP contribution in [0.5, 0.6) is 0 Å². The van der Waals surface area contributed by atoms with Gasteiger partial charge < -0.3 is 0 Å². The van der Waals surface area contributed by atoms with Crippen LogP contribution in [0.25, 0.3) is 0 Å². The predicted molar refractivity (Wildman–Crippen MR) is 60.6 cm³/mol. The van der Waals surface area contributed by atoms with Crippen LogP contribution in [-0.4, -0.2) is 11.3 Å². The van der Waals surface area contributed by atoms with E-state index in [1.54, 1.807) is 0 Å². The average Bonchev–Trinajstić information content (AvgIpc) is 2.15. The standard InChI is InChI=1S/C8H11NS.C2H6/c1-4-6-7-8(10-3)9-5-2;1-2/h5H,2,4H2,1,3H3;1-2H3. The molecule has 1 nitrogen and oxygen atoms in total. The van der Waals surface area contributed by atoms with Crippen molar-refractivity contribution in [3.05, 3.63) is 12.8 Å². The maximum atomic E-state index is 3.95. The van der Waals surface area contributed by atoms with Gasteiger partial charge >= 0.3 is 0 Å². The Kier molecular flexibility index (Phi) is 15.0. The highest BCUT2D eigenvalue weighted by molar-refractivity contribution is 8.13. The van der Waals surface area contributed by atoms with Crippen molar-refractivity contribution in [3.8, 4) is 11.8 Å². The minimum absolute atomic E-state index is 0.830. The normalized spacial score (nSPS) is 8.83. The molecular formula is C10H17NS. The van der Waals surface area contributed by atoms with Crippen molar-refractivity contribution in [3.63, 3.8) is 0 Å². The van der Waals surface area contributed by atoms with Crippen molar-refractivity contribution in [2.45, 2.75) is 27.2 Å². The average molecular weight is 183 g/mol. The second-order valence-corrected chi connectivity index (χ2v) is 2.27. The fourth-order valence-electron chi connectivity index (χ4n) is 0.383. The highest BCUT2D eigenvalue weighted by Gasteiger charge is 1.84. The minimum atomic E-state index is 0.830. The monoisotopic (exact) mass is 183 g/mol. The molecule has 0 aliphatic rings. The third kappa shape index (κ3) is 9.32. The molecule has 0 saturated heterocycles. The topological polar surface area (TPSA) is 12.4 Å². The van der Waals surface area contributed by atoms with Gasteiger partial charge in [-0.1, -0.05) is 33.3 Å². The van der Waals surface area contributed by atoms with E-state index in [4.69, 9.17) is 0 Å². The summed E-state index contributed by atoms with van der Waals surface area (Å²) in [5.41, 5.74) is 0. The second-order valence-electron chi connectivity index (χ2n) is 1.48. The number of aliphatic imine (C=N–C) groups is 1. The van der Waals surface area contributed by atoms with Crippen LogP contribution in [0.2, 0.25) is 0 Å². The van der Waals surface area contributed by atoms with Gasteiger partial charge in [-0.3, -0.25) is 0 Å². The van der Waals surface area contributed by atoms with Gasteiger partial charge in [0.2, 0.25) is 0 Å². The molecule has 0 saturated carbocycles. The lowest BCUT2D eigenvalue weighted by Gasteiger charge is -1.86. The fraction of sp³-hybridized carbons (Fsp3) is 0.500. The van der Waals surface area contributed by atoms with Crippen LogP contribution in [0.3, 0.4) is 0 Å². The first kappa shape index (κ1) is 13.9. The minimum Gasteiger partial charge on any atom is -0.241 e. The van der Waals surface area contributed by atoms with Crippen molar-refractivity contribution in [2.75, 3.05) is 6.26 Å². The first-order valence-electron chi connectivity index (χ1n) is 4.06. The number of hydrogen-bond donors (Lipinski definition) is 0. The van der Waals surface area contributed by atoms with Gasteiger partial charge in [0.15, 0.2) is 0 Å². The summed E-state index contributed by atoms with van der Waals surface area (Å²) in [6.45, 7) is 9.50. The largest absolute Gasteiger partial charge is 0.241 e. The number of nitrogens with zero attached hydrogens (tertiary/aromatic N) is 1. The molecule has 0 unspecified atom stereocenters. The smallest absolute Gasteiger partial charge is 0.146 e. The quantitative estimate of drug-likeness (QED) is 0.345. The van der Waals surface area contributed by atoms with Crippen molar-refractivity contribution in [1.82, 2.24) is 0 Å². The Bertz CT molecular complexity index is 184. The van der Waals surface area contributed by atoms with E-state index in [-0.39, 0.29) is 0 Å². The zero-order valence-corrected chi connectivity index (χ0v) is 9.16. The number of thioether (sulfide) groups is 1. The van der Waals surface area contributed by atoms with E-state index in [0.29, 0.717) is 0 Å².